The molecule has 46 heavy (non-hydrogen) atoms. The molecule has 3 N–H and O–H groups in total. The summed E-state index contributed by atoms with van der Waals surface area (Å²) in [5.74, 6) is -0.000172. The molecule has 4 aromatic rings. The van der Waals surface area contributed by atoms with Crippen molar-refractivity contribution in [3.63, 3.8) is 0 Å². The van der Waals surface area contributed by atoms with Crippen molar-refractivity contribution >= 4 is 52.7 Å². The number of carbonyl (C=O) groups excluding carboxylic acids is 4. The van der Waals surface area contributed by atoms with Crippen LogP contribution in [0.5, 0.6) is 17.2 Å². The van der Waals surface area contributed by atoms with E-state index in [-0.39, 0.29) is 23.1 Å². The average molecular weight is 640 g/mol. The highest BCUT2D eigenvalue weighted by Gasteiger charge is 2.18. The Balaban J connectivity index is 1.52. The first-order valence-electron chi connectivity index (χ1n) is 14.0. The Bertz CT molecular complexity index is 1760. The van der Waals surface area contributed by atoms with Gasteiger partial charge in [-0.25, -0.2) is 0 Å². The van der Waals surface area contributed by atoms with Crippen molar-refractivity contribution in [3.05, 3.63) is 113 Å². The van der Waals surface area contributed by atoms with Crippen molar-refractivity contribution in [1.29, 1.82) is 0 Å². The predicted octanol–water partition coefficient (Wildman–Crippen LogP) is 6.06. The van der Waals surface area contributed by atoms with Crippen LogP contribution in [0.3, 0.4) is 0 Å². The number of rotatable bonds is 13. The highest BCUT2D eigenvalue weighted by molar-refractivity contribution is 8.00. The van der Waals surface area contributed by atoms with Gasteiger partial charge in [0.15, 0.2) is 17.3 Å². The Morgan fingerprint density at radius 1 is 0.696 bits per heavy atom. The molecule has 0 unspecified atom stereocenters. The molecule has 0 radical (unpaired) electrons. The summed E-state index contributed by atoms with van der Waals surface area (Å²) >= 11 is 1.28. The van der Waals surface area contributed by atoms with Crippen molar-refractivity contribution in [3.8, 4) is 17.2 Å². The lowest BCUT2D eigenvalue weighted by Crippen LogP contribution is -2.30. The maximum atomic E-state index is 13.6. The van der Waals surface area contributed by atoms with Gasteiger partial charge in [0.1, 0.15) is 11.4 Å². The minimum Gasteiger partial charge on any atom is -0.496 e. The van der Waals surface area contributed by atoms with E-state index in [1.165, 1.54) is 46.1 Å². The maximum Gasteiger partial charge on any atom is 0.272 e. The predicted molar refractivity (Wildman–Crippen MR) is 179 cm³/mol. The Kier molecular flexibility index (Phi) is 11.6. The molecule has 0 aromatic heterocycles. The SMILES string of the molecule is COc1cc(OC)c(OC)cc1/C=C(/NC(=O)c1ccccc1)C(=O)Nc1cccc(SCC(=O)Nc2ccc(C(C)=O)cc2)c1. The van der Waals surface area contributed by atoms with E-state index in [9.17, 15) is 19.2 Å². The number of hydrogen-bond acceptors (Lipinski definition) is 8. The largest absolute Gasteiger partial charge is 0.496 e. The van der Waals surface area contributed by atoms with E-state index < -0.39 is 11.8 Å². The normalized spacial score (nSPS) is 10.8. The molecule has 0 fully saturated rings. The van der Waals surface area contributed by atoms with Crippen molar-refractivity contribution < 1.29 is 33.4 Å². The summed E-state index contributed by atoms with van der Waals surface area (Å²) in [6, 6.07) is 25.4. The standard InChI is InChI=1S/C35H33N3O7S/c1-22(39)23-13-15-26(16-14-23)36-33(40)21-46-28-12-8-11-27(19-28)37-35(42)29(38-34(41)24-9-6-5-7-10-24)17-25-18-31(44-3)32(45-4)20-30(25)43-2/h5-20H,21H2,1-4H3,(H,36,40)(H,37,42)(H,38,41)/b29-17+. The van der Waals surface area contributed by atoms with Crippen LogP contribution in [0.25, 0.3) is 6.08 Å². The van der Waals surface area contributed by atoms with Gasteiger partial charge in [-0.1, -0.05) is 24.3 Å². The van der Waals surface area contributed by atoms with Gasteiger partial charge in [-0.2, -0.15) is 0 Å². The molecule has 0 aliphatic rings. The third-order valence-corrected chi connectivity index (χ3v) is 7.60. The second-order valence-electron chi connectivity index (χ2n) is 9.78. The lowest BCUT2D eigenvalue weighted by atomic mass is 10.1. The molecule has 10 nitrogen and oxygen atoms in total. The van der Waals surface area contributed by atoms with Gasteiger partial charge in [-0.05, 0) is 73.7 Å². The lowest BCUT2D eigenvalue weighted by molar-refractivity contribution is -0.114. The monoisotopic (exact) mass is 639 g/mol. The summed E-state index contributed by atoms with van der Waals surface area (Å²) < 4.78 is 16.3. The van der Waals surface area contributed by atoms with E-state index in [1.807, 2.05) is 6.07 Å². The van der Waals surface area contributed by atoms with Gasteiger partial charge in [0.2, 0.25) is 5.91 Å². The first-order chi connectivity index (χ1) is 22.2. The smallest absolute Gasteiger partial charge is 0.272 e. The number of hydrogen-bond donors (Lipinski definition) is 3. The molecule has 236 valence electrons. The van der Waals surface area contributed by atoms with Crippen LogP contribution in [-0.4, -0.2) is 50.6 Å². The fourth-order valence-corrected chi connectivity index (χ4v) is 5.01. The number of carbonyl (C=O) groups is 4. The maximum absolute atomic E-state index is 13.6. The third kappa shape index (κ3) is 8.99. The number of anilines is 2. The molecule has 0 heterocycles. The summed E-state index contributed by atoms with van der Waals surface area (Å²) in [4.78, 5) is 51.5. The van der Waals surface area contributed by atoms with E-state index in [0.29, 0.717) is 45.3 Å². The van der Waals surface area contributed by atoms with Crippen LogP contribution in [0.15, 0.2) is 102 Å². The molecular formula is C35H33N3O7S. The van der Waals surface area contributed by atoms with Crippen LogP contribution in [0.1, 0.15) is 33.2 Å². The van der Waals surface area contributed by atoms with Crippen molar-refractivity contribution in [1.82, 2.24) is 5.32 Å². The Labute approximate surface area is 271 Å². The quantitative estimate of drug-likeness (QED) is 0.0915. The first kappa shape index (κ1) is 33.3. The second kappa shape index (κ2) is 16.0. The van der Waals surface area contributed by atoms with Crippen LogP contribution in [0, 0.1) is 0 Å². The van der Waals surface area contributed by atoms with Gasteiger partial charge < -0.3 is 30.2 Å². The summed E-state index contributed by atoms with van der Waals surface area (Å²) in [6.45, 7) is 1.48. The van der Waals surface area contributed by atoms with E-state index in [1.54, 1.807) is 84.9 Å². The Morgan fingerprint density at radius 2 is 1.37 bits per heavy atom. The zero-order chi connectivity index (χ0) is 33.1. The number of nitrogens with one attached hydrogen (secondary N) is 3. The fourth-order valence-electron chi connectivity index (χ4n) is 4.26. The highest BCUT2D eigenvalue weighted by atomic mass is 32.2. The number of ketones is 1. The van der Waals surface area contributed by atoms with Gasteiger partial charge in [-0.15, -0.1) is 11.8 Å². The first-order valence-corrected chi connectivity index (χ1v) is 15.0. The molecule has 11 heteroatoms. The highest BCUT2D eigenvalue weighted by Crippen LogP contribution is 2.35. The lowest BCUT2D eigenvalue weighted by Gasteiger charge is -2.15. The molecule has 3 amide bonds. The molecule has 0 saturated heterocycles. The minimum atomic E-state index is -0.588. The average Bonchev–Trinajstić information content (AvgIpc) is 3.07. The number of methoxy groups -OCH3 is 3. The summed E-state index contributed by atoms with van der Waals surface area (Å²) in [5, 5.41) is 8.35. The molecule has 0 bridgehead atoms. The van der Waals surface area contributed by atoms with Gasteiger partial charge in [-0.3, -0.25) is 19.2 Å². The van der Waals surface area contributed by atoms with Gasteiger partial charge >= 0.3 is 0 Å². The van der Waals surface area contributed by atoms with Crippen LogP contribution in [0.4, 0.5) is 11.4 Å². The van der Waals surface area contributed by atoms with Gasteiger partial charge in [0.25, 0.3) is 11.8 Å². The molecule has 0 aliphatic carbocycles. The van der Waals surface area contributed by atoms with Crippen molar-refractivity contribution in [2.75, 3.05) is 37.7 Å². The summed E-state index contributed by atoms with van der Waals surface area (Å²) in [7, 11) is 4.47. The molecule has 0 spiro atoms. The zero-order valence-electron chi connectivity index (χ0n) is 25.7. The molecule has 4 rings (SSSR count). The topological polar surface area (TPSA) is 132 Å². The van der Waals surface area contributed by atoms with Crippen molar-refractivity contribution in [2.24, 2.45) is 0 Å². The fraction of sp³-hybridized carbons (Fsp3) is 0.143. The van der Waals surface area contributed by atoms with E-state index >= 15 is 0 Å². The number of Topliss-reactive ketones (excluding diaryl/α,β-unsaturated/α-hetero) is 1. The van der Waals surface area contributed by atoms with Crippen molar-refractivity contribution in [2.45, 2.75) is 11.8 Å². The van der Waals surface area contributed by atoms with Crippen LogP contribution >= 0.6 is 11.8 Å². The Morgan fingerprint density at radius 3 is 2.02 bits per heavy atom. The molecule has 0 atom stereocenters. The third-order valence-electron chi connectivity index (χ3n) is 6.60. The van der Waals surface area contributed by atoms with E-state index in [2.05, 4.69) is 16.0 Å². The Hall–Kier alpha value is -5.55. The number of ether oxygens (including phenoxy) is 3. The molecule has 0 saturated carbocycles. The van der Waals surface area contributed by atoms with Gasteiger partial charge in [0.05, 0.1) is 27.1 Å². The summed E-state index contributed by atoms with van der Waals surface area (Å²) in [5.41, 5.74) is 2.38. The second-order valence-corrected chi connectivity index (χ2v) is 10.8. The molecular weight excluding hydrogens is 606 g/mol. The number of amides is 3. The van der Waals surface area contributed by atoms with E-state index in [4.69, 9.17) is 14.2 Å². The van der Waals surface area contributed by atoms with E-state index in [0.717, 1.165) is 4.90 Å². The number of thioether (sulfide) groups is 1. The summed E-state index contributed by atoms with van der Waals surface area (Å²) in [6.07, 6.45) is 1.49. The number of benzene rings is 4. The van der Waals surface area contributed by atoms with Crippen LogP contribution < -0.4 is 30.2 Å². The molecule has 0 aliphatic heterocycles. The minimum absolute atomic E-state index is 0.0485. The van der Waals surface area contributed by atoms with Gasteiger partial charge in [0, 0.05) is 39.0 Å². The zero-order valence-corrected chi connectivity index (χ0v) is 26.5. The molecule has 4 aromatic carbocycles. The van der Waals surface area contributed by atoms with Crippen LogP contribution in [0.2, 0.25) is 0 Å². The van der Waals surface area contributed by atoms with Crippen LogP contribution in [-0.2, 0) is 9.59 Å².